The number of carbonyl (C=O) groups is 2. The summed E-state index contributed by atoms with van der Waals surface area (Å²) in [6.45, 7) is 3.85. The van der Waals surface area contributed by atoms with E-state index in [-0.39, 0.29) is 23.7 Å². The topological polar surface area (TPSA) is 79.2 Å². The zero-order chi connectivity index (χ0) is 20.1. The van der Waals surface area contributed by atoms with E-state index in [1.807, 2.05) is 37.3 Å². The zero-order valence-electron chi connectivity index (χ0n) is 16.2. The van der Waals surface area contributed by atoms with E-state index in [1.54, 1.807) is 0 Å². The Labute approximate surface area is 169 Å². The highest BCUT2D eigenvalue weighted by Gasteiger charge is 2.27. The van der Waals surface area contributed by atoms with Crippen molar-refractivity contribution in [3.05, 3.63) is 51.9 Å². The molecule has 28 heavy (non-hydrogen) atoms. The fourth-order valence-electron chi connectivity index (χ4n) is 3.59. The predicted molar refractivity (Wildman–Crippen MR) is 109 cm³/mol. The second-order valence-electron chi connectivity index (χ2n) is 7.30. The van der Waals surface area contributed by atoms with Crippen LogP contribution in [0.5, 0.6) is 0 Å². The van der Waals surface area contributed by atoms with Gasteiger partial charge in [0, 0.05) is 18.2 Å². The number of nitriles is 1. The smallest absolute Gasteiger partial charge is 0.302 e. The van der Waals surface area contributed by atoms with Gasteiger partial charge in [0.15, 0.2) is 0 Å². The molecule has 0 saturated carbocycles. The predicted octanol–water partition coefficient (Wildman–Crippen LogP) is 4.42. The van der Waals surface area contributed by atoms with Crippen molar-refractivity contribution in [2.75, 3.05) is 11.9 Å². The summed E-state index contributed by atoms with van der Waals surface area (Å²) < 4.78 is 5.14. The van der Waals surface area contributed by atoms with Crippen LogP contribution < -0.4 is 5.32 Å². The minimum atomic E-state index is -0.268. The fraction of sp³-hybridized carbons (Fsp3) is 0.409. The molecule has 1 heterocycles. The van der Waals surface area contributed by atoms with Gasteiger partial charge in [-0.05, 0) is 42.2 Å². The van der Waals surface area contributed by atoms with Gasteiger partial charge in [0.1, 0.15) is 11.1 Å². The number of fused-ring (bicyclic) bond motifs is 1. The molecule has 6 heteroatoms. The number of thiophene rings is 1. The van der Waals surface area contributed by atoms with Crippen LogP contribution in [0.3, 0.4) is 0 Å². The van der Waals surface area contributed by atoms with E-state index >= 15 is 0 Å². The quantitative estimate of drug-likeness (QED) is 0.733. The molecule has 0 saturated heterocycles. The summed E-state index contributed by atoms with van der Waals surface area (Å²) >= 11 is 1.48. The standard InChI is InChI=1S/C22H24N2O3S/c1-14(17-6-4-3-5-7-17)10-21(26)24-22-19(12-23)18-9-8-16(11-20(18)28-22)13-27-15(2)25/h3-7,14,16H,8-11,13H2,1-2H3,(H,24,26). The second kappa shape index (κ2) is 9.03. The lowest BCUT2D eigenvalue weighted by Crippen LogP contribution is -2.19. The number of benzene rings is 1. The molecule has 1 aromatic heterocycles. The molecule has 1 aromatic carbocycles. The SMILES string of the molecule is CC(=O)OCC1CCc2c(sc(NC(=O)CC(C)c3ccccc3)c2C#N)C1. The van der Waals surface area contributed by atoms with Crippen LogP contribution in [0, 0.1) is 17.2 Å². The molecular formula is C22H24N2O3S. The molecule has 0 aliphatic heterocycles. The lowest BCUT2D eigenvalue weighted by atomic mass is 9.88. The minimum Gasteiger partial charge on any atom is -0.466 e. The average molecular weight is 397 g/mol. The molecule has 3 rings (SSSR count). The molecule has 0 fully saturated rings. The molecular weight excluding hydrogens is 372 g/mol. The molecule has 2 atom stereocenters. The second-order valence-corrected chi connectivity index (χ2v) is 8.40. The third kappa shape index (κ3) is 4.79. The molecule has 1 aliphatic carbocycles. The summed E-state index contributed by atoms with van der Waals surface area (Å²) in [5.41, 5.74) is 2.75. The van der Waals surface area contributed by atoms with Crippen molar-refractivity contribution in [2.45, 2.75) is 45.4 Å². The zero-order valence-corrected chi connectivity index (χ0v) is 17.0. The highest BCUT2D eigenvalue weighted by atomic mass is 32.1. The Morgan fingerprint density at radius 2 is 2.11 bits per heavy atom. The summed E-state index contributed by atoms with van der Waals surface area (Å²) in [6.07, 6.45) is 2.80. The third-order valence-electron chi connectivity index (χ3n) is 5.11. The van der Waals surface area contributed by atoms with Gasteiger partial charge in [-0.1, -0.05) is 37.3 Å². The summed E-state index contributed by atoms with van der Waals surface area (Å²) in [7, 11) is 0. The molecule has 2 unspecified atom stereocenters. The molecule has 1 aliphatic rings. The molecule has 0 bridgehead atoms. The number of rotatable bonds is 6. The van der Waals surface area contributed by atoms with Gasteiger partial charge in [0.25, 0.3) is 0 Å². The molecule has 1 N–H and O–H groups in total. The monoisotopic (exact) mass is 396 g/mol. The van der Waals surface area contributed by atoms with Gasteiger partial charge < -0.3 is 10.1 Å². The van der Waals surface area contributed by atoms with Gasteiger partial charge in [-0.2, -0.15) is 5.26 Å². The fourth-order valence-corrected chi connectivity index (χ4v) is 4.92. The van der Waals surface area contributed by atoms with E-state index in [4.69, 9.17) is 4.74 Å². The number of hydrogen-bond donors (Lipinski definition) is 1. The highest BCUT2D eigenvalue weighted by molar-refractivity contribution is 7.16. The number of hydrogen-bond acceptors (Lipinski definition) is 5. The maximum atomic E-state index is 12.5. The van der Waals surface area contributed by atoms with Crippen LogP contribution >= 0.6 is 11.3 Å². The van der Waals surface area contributed by atoms with Gasteiger partial charge in [0.2, 0.25) is 5.91 Å². The normalized spacial score (nSPS) is 16.5. The Kier molecular flexibility index (Phi) is 6.48. The van der Waals surface area contributed by atoms with Crippen LogP contribution in [0.25, 0.3) is 0 Å². The number of anilines is 1. The van der Waals surface area contributed by atoms with E-state index < -0.39 is 0 Å². The van der Waals surface area contributed by atoms with E-state index in [9.17, 15) is 14.9 Å². The first-order valence-corrected chi connectivity index (χ1v) is 10.3. The van der Waals surface area contributed by atoms with E-state index in [0.717, 1.165) is 35.3 Å². The van der Waals surface area contributed by atoms with Crippen LogP contribution in [-0.4, -0.2) is 18.5 Å². The summed E-state index contributed by atoms with van der Waals surface area (Å²) in [5.74, 6) is 0.0239. The number of nitrogens with zero attached hydrogens (tertiary/aromatic N) is 1. The van der Waals surface area contributed by atoms with Gasteiger partial charge in [0.05, 0.1) is 12.2 Å². The Morgan fingerprint density at radius 3 is 2.79 bits per heavy atom. The van der Waals surface area contributed by atoms with Gasteiger partial charge in [-0.25, -0.2) is 0 Å². The van der Waals surface area contributed by atoms with Crippen LogP contribution in [0.2, 0.25) is 0 Å². The van der Waals surface area contributed by atoms with E-state index in [1.165, 1.54) is 18.3 Å². The number of carbonyl (C=O) groups excluding carboxylic acids is 2. The van der Waals surface area contributed by atoms with Gasteiger partial charge >= 0.3 is 5.97 Å². The first-order valence-electron chi connectivity index (χ1n) is 9.50. The molecule has 1 amide bonds. The lowest BCUT2D eigenvalue weighted by Gasteiger charge is -2.21. The third-order valence-corrected chi connectivity index (χ3v) is 6.28. The van der Waals surface area contributed by atoms with Crippen molar-refractivity contribution in [1.82, 2.24) is 0 Å². The Hall–Kier alpha value is -2.65. The Morgan fingerprint density at radius 1 is 1.36 bits per heavy atom. The molecule has 2 aromatic rings. The number of esters is 1. The van der Waals surface area contributed by atoms with Crippen molar-refractivity contribution in [2.24, 2.45) is 5.92 Å². The maximum Gasteiger partial charge on any atom is 0.302 e. The summed E-state index contributed by atoms with van der Waals surface area (Å²) in [6, 6.07) is 12.2. The first kappa shape index (κ1) is 20.1. The number of ether oxygens (including phenoxy) is 1. The Balaban J connectivity index is 1.67. The van der Waals surface area contributed by atoms with Crippen molar-refractivity contribution in [3.8, 4) is 6.07 Å². The van der Waals surface area contributed by atoms with Crippen molar-refractivity contribution < 1.29 is 14.3 Å². The first-order chi connectivity index (χ1) is 13.5. The van der Waals surface area contributed by atoms with Crippen LogP contribution in [0.15, 0.2) is 30.3 Å². The van der Waals surface area contributed by atoms with Gasteiger partial charge in [-0.3, -0.25) is 9.59 Å². The summed E-state index contributed by atoms with van der Waals surface area (Å²) in [5, 5.41) is 13.2. The maximum absolute atomic E-state index is 12.5. The van der Waals surface area contributed by atoms with Crippen molar-refractivity contribution >= 4 is 28.2 Å². The van der Waals surface area contributed by atoms with Gasteiger partial charge in [-0.15, -0.1) is 11.3 Å². The van der Waals surface area contributed by atoms with E-state index in [0.29, 0.717) is 23.6 Å². The number of amides is 1. The van der Waals surface area contributed by atoms with E-state index in [2.05, 4.69) is 11.4 Å². The largest absolute Gasteiger partial charge is 0.466 e. The summed E-state index contributed by atoms with van der Waals surface area (Å²) in [4.78, 5) is 24.7. The average Bonchev–Trinajstić information content (AvgIpc) is 3.02. The molecule has 146 valence electrons. The minimum absolute atomic E-state index is 0.0806. The molecule has 5 nitrogen and oxygen atoms in total. The highest BCUT2D eigenvalue weighted by Crippen LogP contribution is 2.39. The molecule has 0 radical (unpaired) electrons. The van der Waals surface area contributed by atoms with Crippen LogP contribution in [-0.2, 0) is 27.2 Å². The number of nitrogens with one attached hydrogen (secondary N) is 1. The molecule has 0 spiro atoms. The van der Waals surface area contributed by atoms with Crippen molar-refractivity contribution in [3.63, 3.8) is 0 Å². The lowest BCUT2D eigenvalue weighted by molar-refractivity contribution is -0.142. The van der Waals surface area contributed by atoms with Crippen LogP contribution in [0.1, 0.15) is 54.2 Å². The Bertz CT molecular complexity index is 898. The van der Waals surface area contributed by atoms with Crippen LogP contribution in [0.4, 0.5) is 5.00 Å². The van der Waals surface area contributed by atoms with Crippen molar-refractivity contribution in [1.29, 1.82) is 5.26 Å².